The van der Waals surface area contributed by atoms with Crippen LogP contribution in [0.2, 0.25) is 0 Å². The van der Waals surface area contributed by atoms with Gasteiger partial charge in [0, 0.05) is 6.42 Å². The maximum absolute atomic E-state index is 11.3. The SMILES string of the molecule is CCOC(=O)CCC(C)(C)CC(C)C(=O)OC. The molecule has 0 aliphatic rings. The summed E-state index contributed by atoms with van der Waals surface area (Å²) in [7, 11) is 1.39. The van der Waals surface area contributed by atoms with Crippen LogP contribution in [-0.4, -0.2) is 25.7 Å². The lowest BCUT2D eigenvalue weighted by Crippen LogP contribution is -2.23. The number of carbonyl (C=O) groups excluding carboxylic acids is 2. The van der Waals surface area contributed by atoms with Crippen LogP contribution in [0.1, 0.15) is 47.0 Å². The Balaban J connectivity index is 4.11. The number of esters is 2. The Hall–Kier alpha value is -1.06. The molecule has 0 saturated heterocycles. The van der Waals surface area contributed by atoms with E-state index >= 15 is 0 Å². The van der Waals surface area contributed by atoms with Crippen LogP contribution in [0.3, 0.4) is 0 Å². The molecule has 0 bridgehead atoms. The van der Waals surface area contributed by atoms with Gasteiger partial charge in [-0.3, -0.25) is 9.59 Å². The van der Waals surface area contributed by atoms with Crippen molar-refractivity contribution in [2.75, 3.05) is 13.7 Å². The molecule has 0 rings (SSSR count). The van der Waals surface area contributed by atoms with Crippen LogP contribution in [0, 0.1) is 11.3 Å². The second-order valence-corrected chi connectivity index (χ2v) is 5.10. The Kier molecular flexibility index (Phi) is 6.85. The highest BCUT2D eigenvalue weighted by Crippen LogP contribution is 2.31. The van der Waals surface area contributed by atoms with Gasteiger partial charge in [-0.1, -0.05) is 20.8 Å². The quantitative estimate of drug-likeness (QED) is 0.646. The van der Waals surface area contributed by atoms with Crippen molar-refractivity contribution in [1.82, 2.24) is 0 Å². The van der Waals surface area contributed by atoms with Crippen LogP contribution in [-0.2, 0) is 19.1 Å². The number of ether oxygens (including phenoxy) is 2. The molecule has 0 radical (unpaired) electrons. The first-order valence-corrected chi connectivity index (χ1v) is 6.06. The van der Waals surface area contributed by atoms with E-state index in [9.17, 15) is 9.59 Å². The lowest BCUT2D eigenvalue weighted by molar-refractivity contribution is -0.146. The summed E-state index contributed by atoms with van der Waals surface area (Å²) in [5, 5.41) is 0. The molecule has 0 aromatic carbocycles. The Morgan fingerprint density at radius 1 is 1.29 bits per heavy atom. The monoisotopic (exact) mass is 244 g/mol. The molecule has 0 aliphatic carbocycles. The molecule has 0 N–H and O–H groups in total. The van der Waals surface area contributed by atoms with Crippen LogP contribution in [0.25, 0.3) is 0 Å². The normalized spacial score (nSPS) is 13.0. The summed E-state index contributed by atoms with van der Waals surface area (Å²) < 4.78 is 9.57. The summed E-state index contributed by atoms with van der Waals surface area (Å²) >= 11 is 0. The largest absolute Gasteiger partial charge is 0.469 e. The minimum Gasteiger partial charge on any atom is -0.469 e. The molecular formula is C13H24O4. The maximum atomic E-state index is 11.3. The predicted molar refractivity (Wildman–Crippen MR) is 65.4 cm³/mol. The van der Waals surface area contributed by atoms with E-state index in [0.29, 0.717) is 25.9 Å². The van der Waals surface area contributed by atoms with E-state index in [1.165, 1.54) is 7.11 Å². The predicted octanol–water partition coefficient (Wildman–Crippen LogP) is 2.56. The molecule has 0 heterocycles. The molecule has 0 saturated carbocycles. The fourth-order valence-corrected chi connectivity index (χ4v) is 1.89. The van der Waals surface area contributed by atoms with E-state index in [1.54, 1.807) is 6.92 Å². The summed E-state index contributed by atoms with van der Waals surface area (Å²) in [6.07, 6.45) is 1.82. The van der Waals surface area contributed by atoms with E-state index in [0.717, 1.165) is 0 Å². The molecule has 0 aromatic heterocycles. The van der Waals surface area contributed by atoms with Crippen molar-refractivity contribution in [3.05, 3.63) is 0 Å². The highest BCUT2D eigenvalue weighted by atomic mass is 16.5. The summed E-state index contributed by atoms with van der Waals surface area (Å²) in [6.45, 7) is 8.15. The fraction of sp³-hybridized carbons (Fsp3) is 0.846. The zero-order valence-electron chi connectivity index (χ0n) is 11.5. The molecule has 0 spiro atoms. The Labute approximate surface area is 104 Å². The second kappa shape index (κ2) is 7.30. The van der Waals surface area contributed by atoms with Crippen LogP contribution < -0.4 is 0 Å². The molecule has 4 heteroatoms. The van der Waals surface area contributed by atoms with Crippen molar-refractivity contribution in [1.29, 1.82) is 0 Å². The van der Waals surface area contributed by atoms with Gasteiger partial charge in [0.05, 0.1) is 19.6 Å². The van der Waals surface area contributed by atoms with Crippen molar-refractivity contribution >= 4 is 11.9 Å². The van der Waals surface area contributed by atoms with E-state index in [-0.39, 0.29) is 23.3 Å². The van der Waals surface area contributed by atoms with Crippen LogP contribution >= 0.6 is 0 Å². The molecule has 1 atom stereocenters. The maximum Gasteiger partial charge on any atom is 0.308 e. The topological polar surface area (TPSA) is 52.6 Å². The zero-order chi connectivity index (χ0) is 13.5. The van der Waals surface area contributed by atoms with Gasteiger partial charge in [-0.25, -0.2) is 0 Å². The van der Waals surface area contributed by atoms with Gasteiger partial charge in [-0.15, -0.1) is 0 Å². The summed E-state index contributed by atoms with van der Waals surface area (Å²) in [4.78, 5) is 22.6. The van der Waals surface area contributed by atoms with Gasteiger partial charge in [0.2, 0.25) is 0 Å². The molecule has 0 aliphatic heterocycles. The Morgan fingerprint density at radius 2 is 1.88 bits per heavy atom. The third kappa shape index (κ3) is 6.97. The Morgan fingerprint density at radius 3 is 2.35 bits per heavy atom. The van der Waals surface area contributed by atoms with Crippen molar-refractivity contribution in [3.63, 3.8) is 0 Å². The number of carbonyl (C=O) groups is 2. The van der Waals surface area contributed by atoms with Gasteiger partial charge in [0.1, 0.15) is 0 Å². The molecule has 100 valence electrons. The third-order valence-corrected chi connectivity index (χ3v) is 2.77. The smallest absolute Gasteiger partial charge is 0.308 e. The highest BCUT2D eigenvalue weighted by molar-refractivity contribution is 5.72. The minimum atomic E-state index is -0.200. The number of methoxy groups -OCH3 is 1. The van der Waals surface area contributed by atoms with Crippen molar-refractivity contribution in [2.45, 2.75) is 47.0 Å². The molecule has 0 amide bonds. The lowest BCUT2D eigenvalue weighted by Gasteiger charge is -2.26. The van der Waals surface area contributed by atoms with Gasteiger partial charge >= 0.3 is 11.9 Å². The van der Waals surface area contributed by atoms with E-state index in [2.05, 4.69) is 0 Å². The molecule has 17 heavy (non-hydrogen) atoms. The zero-order valence-corrected chi connectivity index (χ0v) is 11.5. The number of hydrogen-bond donors (Lipinski definition) is 0. The van der Waals surface area contributed by atoms with Crippen molar-refractivity contribution < 1.29 is 19.1 Å². The van der Waals surface area contributed by atoms with Crippen LogP contribution in [0.4, 0.5) is 0 Å². The molecule has 0 fully saturated rings. The van der Waals surface area contributed by atoms with Crippen molar-refractivity contribution in [2.24, 2.45) is 11.3 Å². The average molecular weight is 244 g/mol. The van der Waals surface area contributed by atoms with Gasteiger partial charge in [-0.2, -0.15) is 0 Å². The minimum absolute atomic E-state index is 0.0691. The summed E-state index contributed by atoms with van der Waals surface area (Å²) in [5.74, 6) is -0.516. The number of hydrogen-bond acceptors (Lipinski definition) is 4. The molecule has 0 aromatic rings. The fourth-order valence-electron chi connectivity index (χ4n) is 1.89. The first-order chi connectivity index (χ1) is 7.82. The standard InChI is InChI=1S/C13H24O4/c1-6-17-11(14)7-8-13(3,4)9-10(2)12(15)16-5/h10H,6-9H2,1-5H3. The van der Waals surface area contributed by atoms with Gasteiger partial charge in [0.25, 0.3) is 0 Å². The summed E-state index contributed by atoms with van der Waals surface area (Å²) in [5.41, 5.74) is -0.0691. The van der Waals surface area contributed by atoms with Crippen molar-refractivity contribution in [3.8, 4) is 0 Å². The van der Waals surface area contributed by atoms with Gasteiger partial charge in [0.15, 0.2) is 0 Å². The van der Waals surface area contributed by atoms with Crippen LogP contribution in [0.5, 0.6) is 0 Å². The molecule has 4 nitrogen and oxygen atoms in total. The first kappa shape index (κ1) is 15.9. The lowest BCUT2D eigenvalue weighted by atomic mass is 9.79. The summed E-state index contributed by atoms with van der Waals surface area (Å²) in [6, 6.07) is 0. The molecular weight excluding hydrogens is 220 g/mol. The van der Waals surface area contributed by atoms with E-state index in [1.807, 2.05) is 20.8 Å². The van der Waals surface area contributed by atoms with Crippen LogP contribution in [0.15, 0.2) is 0 Å². The van der Waals surface area contributed by atoms with E-state index in [4.69, 9.17) is 9.47 Å². The first-order valence-electron chi connectivity index (χ1n) is 6.06. The third-order valence-electron chi connectivity index (χ3n) is 2.77. The molecule has 1 unspecified atom stereocenters. The Bertz CT molecular complexity index is 258. The second-order valence-electron chi connectivity index (χ2n) is 5.10. The highest BCUT2D eigenvalue weighted by Gasteiger charge is 2.26. The van der Waals surface area contributed by atoms with Gasteiger partial charge in [-0.05, 0) is 25.2 Å². The number of rotatable bonds is 7. The average Bonchev–Trinajstić information content (AvgIpc) is 2.25. The van der Waals surface area contributed by atoms with Gasteiger partial charge < -0.3 is 9.47 Å². The van der Waals surface area contributed by atoms with E-state index < -0.39 is 0 Å².